The third-order valence-corrected chi connectivity index (χ3v) is 4.12. The number of hydrogen-bond donors (Lipinski definition) is 1. The van der Waals surface area contributed by atoms with E-state index in [0.29, 0.717) is 12.4 Å². The molecule has 2 rings (SSSR count). The Labute approximate surface area is 166 Å². The largest absolute Gasteiger partial charge is 0.493 e. The Bertz CT molecular complexity index is 842. The van der Waals surface area contributed by atoms with Crippen LogP contribution in [0.3, 0.4) is 0 Å². The fourth-order valence-electron chi connectivity index (χ4n) is 2.68. The van der Waals surface area contributed by atoms with Gasteiger partial charge in [-0.15, -0.1) is 0 Å². The Hall–Kier alpha value is -3.08. The lowest BCUT2D eigenvalue weighted by atomic mass is 10.0. The molecule has 0 aliphatic heterocycles. The highest BCUT2D eigenvalue weighted by Gasteiger charge is 2.18. The summed E-state index contributed by atoms with van der Waals surface area (Å²) in [6, 6.07) is 15.0. The summed E-state index contributed by atoms with van der Waals surface area (Å²) < 4.78 is 10.7. The van der Waals surface area contributed by atoms with E-state index >= 15 is 0 Å². The zero-order valence-corrected chi connectivity index (χ0v) is 16.8. The van der Waals surface area contributed by atoms with E-state index in [1.807, 2.05) is 55.5 Å². The number of nitrogens with one attached hydrogen (secondary N) is 1. The first-order valence-corrected chi connectivity index (χ1v) is 9.42. The highest BCUT2D eigenvalue weighted by atomic mass is 16.5. The predicted octanol–water partition coefficient (Wildman–Crippen LogP) is 4.79. The standard InChI is InChI=1S/C23H27NO4/c1-5-27-21-13-9-6-10-18(21)14-15-22(25)28-17(4)23(26)24-20-12-8-7-11-19(20)16(2)3/h6-17H,5H2,1-4H3,(H,24,26)/b15-14+/t17-/m0/s1. The van der Waals surface area contributed by atoms with Crippen molar-refractivity contribution in [2.24, 2.45) is 0 Å². The first-order chi connectivity index (χ1) is 13.4. The Morgan fingerprint density at radius 2 is 1.71 bits per heavy atom. The molecule has 0 radical (unpaired) electrons. The van der Waals surface area contributed by atoms with Crippen LogP contribution in [-0.4, -0.2) is 24.6 Å². The van der Waals surface area contributed by atoms with Crippen molar-refractivity contribution in [2.45, 2.75) is 39.7 Å². The molecule has 0 fully saturated rings. The molecule has 0 saturated heterocycles. The number of para-hydroxylation sites is 2. The van der Waals surface area contributed by atoms with Crippen molar-refractivity contribution in [3.8, 4) is 5.75 Å². The van der Waals surface area contributed by atoms with E-state index in [9.17, 15) is 9.59 Å². The van der Waals surface area contributed by atoms with Gasteiger partial charge in [0.1, 0.15) is 5.75 Å². The van der Waals surface area contributed by atoms with Crippen molar-refractivity contribution in [1.29, 1.82) is 0 Å². The Morgan fingerprint density at radius 3 is 2.43 bits per heavy atom. The van der Waals surface area contributed by atoms with Gasteiger partial charge in [-0.2, -0.15) is 0 Å². The van der Waals surface area contributed by atoms with Crippen LogP contribution in [-0.2, 0) is 14.3 Å². The summed E-state index contributed by atoms with van der Waals surface area (Å²) in [5, 5.41) is 2.84. The average molecular weight is 381 g/mol. The second kappa shape index (κ2) is 10.3. The van der Waals surface area contributed by atoms with Crippen molar-refractivity contribution in [1.82, 2.24) is 0 Å². The summed E-state index contributed by atoms with van der Waals surface area (Å²) in [6.45, 7) is 8.09. The van der Waals surface area contributed by atoms with Crippen molar-refractivity contribution in [3.05, 3.63) is 65.7 Å². The molecule has 0 saturated carbocycles. The zero-order chi connectivity index (χ0) is 20.5. The highest BCUT2D eigenvalue weighted by molar-refractivity contribution is 5.97. The normalized spacial score (nSPS) is 12.0. The van der Waals surface area contributed by atoms with Gasteiger partial charge in [0.05, 0.1) is 6.61 Å². The second-order valence-corrected chi connectivity index (χ2v) is 6.61. The minimum absolute atomic E-state index is 0.266. The molecule has 0 unspecified atom stereocenters. The van der Waals surface area contributed by atoms with Gasteiger partial charge in [0.15, 0.2) is 6.10 Å². The number of esters is 1. The highest BCUT2D eigenvalue weighted by Crippen LogP contribution is 2.24. The van der Waals surface area contributed by atoms with Gasteiger partial charge in [0, 0.05) is 17.3 Å². The van der Waals surface area contributed by atoms with E-state index in [1.165, 1.54) is 6.08 Å². The topological polar surface area (TPSA) is 64.6 Å². The molecule has 28 heavy (non-hydrogen) atoms. The molecule has 5 heteroatoms. The Kier molecular flexibility index (Phi) is 7.81. The van der Waals surface area contributed by atoms with Gasteiger partial charge >= 0.3 is 5.97 Å². The molecular formula is C23H27NO4. The number of ether oxygens (including phenoxy) is 2. The van der Waals surface area contributed by atoms with Gasteiger partial charge in [-0.1, -0.05) is 50.2 Å². The smallest absolute Gasteiger partial charge is 0.331 e. The van der Waals surface area contributed by atoms with Gasteiger partial charge in [0.2, 0.25) is 0 Å². The lowest BCUT2D eigenvalue weighted by molar-refractivity contribution is -0.148. The SMILES string of the molecule is CCOc1ccccc1/C=C/C(=O)O[C@@H](C)C(=O)Nc1ccccc1C(C)C. The van der Waals surface area contributed by atoms with E-state index in [1.54, 1.807) is 13.0 Å². The van der Waals surface area contributed by atoms with E-state index in [4.69, 9.17) is 9.47 Å². The fraction of sp³-hybridized carbons (Fsp3) is 0.304. The number of carbonyl (C=O) groups excluding carboxylic acids is 2. The lowest BCUT2D eigenvalue weighted by Crippen LogP contribution is -2.29. The molecule has 5 nitrogen and oxygen atoms in total. The summed E-state index contributed by atoms with van der Waals surface area (Å²) in [7, 11) is 0. The Morgan fingerprint density at radius 1 is 1.04 bits per heavy atom. The number of benzene rings is 2. The maximum Gasteiger partial charge on any atom is 0.331 e. The fourth-order valence-corrected chi connectivity index (χ4v) is 2.68. The molecule has 1 atom stereocenters. The molecule has 0 aliphatic rings. The number of carbonyl (C=O) groups is 2. The van der Waals surface area contributed by atoms with Gasteiger partial charge in [-0.25, -0.2) is 4.79 Å². The minimum Gasteiger partial charge on any atom is -0.493 e. The average Bonchev–Trinajstić information content (AvgIpc) is 2.67. The zero-order valence-electron chi connectivity index (χ0n) is 16.8. The van der Waals surface area contributed by atoms with Gasteiger partial charge < -0.3 is 14.8 Å². The molecule has 148 valence electrons. The van der Waals surface area contributed by atoms with E-state index in [2.05, 4.69) is 19.2 Å². The lowest BCUT2D eigenvalue weighted by Gasteiger charge is -2.16. The third-order valence-electron chi connectivity index (χ3n) is 4.12. The predicted molar refractivity (Wildman–Crippen MR) is 111 cm³/mol. The molecule has 2 aromatic carbocycles. The van der Waals surface area contributed by atoms with Crippen LogP contribution >= 0.6 is 0 Å². The van der Waals surface area contributed by atoms with Crippen LogP contribution in [0.1, 0.15) is 44.7 Å². The molecule has 1 N–H and O–H groups in total. The molecular weight excluding hydrogens is 354 g/mol. The van der Waals surface area contributed by atoms with Gasteiger partial charge in [0.25, 0.3) is 5.91 Å². The molecule has 0 bridgehead atoms. The van der Waals surface area contributed by atoms with Crippen molar-refractivity contribution >= 4 is 23.6 Å². The Balaban J connectivity index is 1.98. The van der Waals surface area contributed by atoms with Crippen LogP contribution in [0.15, 0.2) is 54.6 Å². The van der Waals surface area contributed by atoms with Crippen LogP contribution in [0.2, 0.25) is 0 Å². The quantitative estimate of drug-likeness (QED) is 0.527. The second-order valence-electron chi connectivity index (χ2n) is 6.61. The number of amides is 1. The van der Waals surface area contributed by atoms with Gasteiger partial charge in [-0.05, 0) is 43.5 Å². The monoisotopic (exact) mass is 381 g/mol. The molecule has 0 aliphatic carbocycles. The number of hydrogen-bond acceptors (Lipinski definition) is 4. The molecule has 2 aromatic rings. The van der Waals surface area contributed by atoms with E-state index in [-0.39, 0.29) is 11.8 Å². The first kappa shape index (κ1) is 21.2. The molecule has 1 amide bonds. The van der Waals surface area contributed by atoms with Crippen LogP contribution in [0.5, 0.6) is 5.75 Å². The molecule has 0 heterocycles. The van der Waals surface area contributed by atoms with E-state index in [0.717, 1.165) is 16.8 Å². The maximum absolute atomic E-state index is 12.4. The van der Waals surface area contributed by atoms with Crippen molar-refractivity contribution in [3.63, 3.8) is 0 Å². The summed E-state index contributed by atoms with van der Waals surface area (Å²) in [4.78, 5) is 24.5. The summed E-state index contributed by atoms with van der Waals surface area (Å²) in [6.07, 6.45) is 2.00. The van der Waals surface area contributed by atoms with Crippen molar-refractivity contribution in [2.75, 3.05) is 11.9 Å². The van der Waals surface area contributed by atoms with Crippen LogP contribution in [0.4, 0.5) is 5.69 Å². The first-order valence-electron chi connectivity index (χ1n) is 9.42. The molecule has 0 aromatic heterocycles. The maximum atomic E-state index is 12.4. The summed E-state index contributed by atoms with van der Waals surface area (Å²) in [5.74, 6) is -0.0107. The summed E-state index contributed by atoms with van der Waals surface area (Å²) >= 11 is 0. The number of anilines is 1. The third kappa shape index (κ3) is 5.98. The van der Waals surface area contributed by atoms with E-state index < -0.39 is 12.1 Å². The van der Waals surface area contributed by atoms with Crippen LogP contribution < -0.4 is 10.1 Å². The summed E-state index contributed by atoms with van der Waals surface area (Å²) in [5.41, 5.74) is 2.53. The molecule has 0 spiro atoms. The minimum atomic E-state index is -0.917. The van der Waals surface area contributed by atoms with Crippen LogP contribution in [0.25, 0.3) is 6.08 Å². The number of rotatable bonds is 8. The van der Waals surface area contributed by atoms with Crippen LogP contribution in [0, 0.1) is 0 Å². The van der Waals surface area contributed by atoms with Crippen molar-refractivity contribution < 1.29 is 19.1 Å². The van der Waals surface area contributed by atoms with Gasteiger partial charge in [-0.3, -0.25) is 4.79 Å².